The number of likely N-dealkylation sites (N-methyl/N-ethyl adjacent to an activating group) is 1. The lowest BCUT2D eigenvalue weighted by atomic mass is 9.97. The highest BCUT2D eigenvalue weighted by Crippen LogP contribution is 2.32. The fourth-order valence-electron chi connectivity index (χ4n) is 4.05. The topological polar surface area (TPSA) is 88.9 Å². The number of H-pyrrole nitrogens is 1. The van der Waals surface area contributed by atoms with Gasteiger partial charge in [-0.15, -0.1) is 0 Å². The van der Waals surface area contributed by atoms with E-state index in [9.17, 15) is 14.3 Å². The van der Waals surface area contributed by atoms with Gasteiger partial charge in [0, 0.05) is 23.9 Å². The van der Waals surface area contributed by atoms with E-state index in [1.807, 2.05) is 56.6 Å². The van der Waals surface area contributed by atoms with Crippen molar-refractivity contribution >= 4 is 28.3 Å². The number of carboxylic acid groups (broad SMARTS) is 1. The van der Waals surface area contributed by atoms with Gasteiger partial charge in [-0.3, -0.25) is 4.79 Å². The third kappa shape index (κ3) is 5.94. The summed E-state index contributed by atoms with van der Waals surface area (Å²) in [5.74, 6) is -1.38. The first kappa shape index (κ1) is 24.2. The number of nitrogens with one attached hydrogen (secondary N) is 1. The Balaban J connectivity index is 1.85. The van der Waals surface area contributed by atoms with E-state index in [0.717, 1.165) is 35.3 Å². The number of aryl methyl sites for hydroxylation is 1. The molecule has 3 N–H and O–H groups in total. The highest BCUT2D eigenvalue weighted by molar-refractivity contribution is 6.21. The molecule has 0 bridgehead atoms. The Morgan fingerprint density at radius 2 is 1.74 bits per heavy atom. The SMILES string of the molecule is CN(C)CCc1cccc(N=C(c2cccc(CCC(=O)O)c2)c2c(O)[nH]c3cc(F)ccc23)c1. The number of aliphatic imine (C=N–C) groups is 1. The lowest BCUT2D eigenvalue weighted by molar-refractivity contribution is -0.136. The Bertz CT molecular complexity index is 1390. The molecule has 35 heavy (non-hydrogen) atoms. The number of aliphatic carboxylic acids is 1. The quantitative estimate of drug-likeness (QED) is 0.288. The minimum absolute atomic E-state index is 0.0153. The molecule has 0 spiro atoms. The van der Waals surface area contributed by atoms with E-state index in [0.29, 0.717) is 28.6 Å². The number of carboxylic acids is 1. The van der Waals surface area contributed by atoms with Gasteiger partial charge in [0.15, 0.2) is 5.88 Å². The number of benzene rings is 3. The summed E-state index contributed by atoms with van der Waals surface area (Å²) >= 11 is 0. The van der Waals surface area contributed by atoms with Crippen LogP contribution in [0.25, 0.3) is 10.9 Å². The molecule has 0 aliphatic heterocycles. The minimum atomic E-state index is -0.866. The third-order valence-corrected chi connectivity index (χ3v) is 5.80. The van der Waals surface area contributed by atoms with Gasteiger partial charge in [0.05, 0.1) is 22.5 Å². The Hall–Kier alpha value is -3.97. The molecular formula is C28H28FN3O3. The van der Waals surface area contributed by atoms with Gasteiger partial charge in [-0.1, -0.05) is 30.3 Å². The monoisotopic (exact) mass is 473 g/mol. The van der Waals surface area contributed by atoms with Gasteiger partial charge < -0.3 is 20.1 Å². The van der Waals surface area contributed by atoms with Crippen LogP contribution in [0.2, 0.25) is 0 Å². The first-order chi connectivity index (χ1) is 16.8. The summed E-state index contributed by atoms with van der Waals surface area (Å²) in [6, 6.07) is 19.7. The maximum Gasteiger partial charge on any atom is 0.303 e. The molecule has 4 aromatic rings. The highest BCUT2D eigenvalue weighted by Gasteiger charge is 2.19. The molecule has 180 valence electrons. The average Bonchev–Trinajstić information content (AvgIpc) is 3.14. The average molecular weight is 474 g/mol. The maximum absolute atomic E-state index is 13.8. The zero-order valence-corrected chi connectivity index (χ0v) is 19.8. The van der Waals surface area contributed by atoms with Crippen molar-refractivity contribution in [3.63, 3.8) is 0 Å². The first-order valence-corrected chi connectivity index (χ1v) is 11.4. The van der Waals surface area contributed by atoms with E-state index in [-0.39, 0.29) is 12.3 Å². The highest BCUT2D eigenvalue weighted by atomic mass is 19.1. The van der Waals surface area contributed by atoms with Crippen molar-refractivity contribution in [1.82, 2.24) is 9.88 Å². The fraction of sp³-hybridized carbons (Fsp3) is 0.214. The van der Waals surface area contributed by atoms with Crippen LogP contribution in [0.15, 0.2) is 71.7 Å². The van der Waals surface area contributed by atoms with E-state index in [4.69, 9.17) is 10.1 Å². The van der Waals surface area contributed by atoms with Crippen molar-refractivity contribution in [3.05, 3.63) is 94.8 Å². The summed E-state index contributed by atoms with van der Waals surface area (Å²) in [5.41, 5.74) is 4.89. The number of fused-ring (bicyclic) bond motifs is 1. The van der Waals surface area contributed by atoms with E-state index < -0.39 is 11.8 Å². The predicted molar refractivity (Wildman–Crippen MR) is 136 cm³/mol. The van der Waals surface area contributed by atoms with E-state index >= 15 is 0 Å². The lowest BCUT2D eigenvalue weighted by Gasteiger charge is -2.11. The number of rotatable bonds is 9. The number of hydrogen-bond acceptors (Lipinski definition) is 4. The Labute approximate surface area is 203 Å². The van der Waals surface area contributed by atoms with Gasteiger partial charge in [0.2, 0.25) is 0 Å². The van der Waals surface area contributed by atoms with Gasteiger partial charge >= 0.3 is 5.97 Å². The van der Waals surface area contributed by atoms with Crippen LogP contribution in [0.4, 0.5) is 10.1 Å². The molecule has 7 heteroatoms. The molecule has 0 atom stereocenters. The minimum Gasteiger partial charge on any atom is -0.494 e. The maximum atomic E-state index is 13.8. The Morgan fingerprint density at radius 3 is 2.49 bits per heavy atom. The van der Waals surface area contributed by atoms with Gasteiger partial charge in [-0.2, -0.15) is 0 Å². The largest absolute Gasteiger partial charge is 0.494 e. The molecule has 0 amide bonds. The molecule has 6 nitrogen and oxygen atoms in total. The van der Waals surface area contributed by atoms with Crippen molar-refractivity contribution in [1.29, 1.82) is 0 Å². The number of aromatic amines is 1. The second-order valence-electron chi connectivity index (χ2n) is 8.82. The lowest BCUT2D eigenvalue weighted by Crippen LogP contribution is -2.14. The van der Waals surface area contributed by atoms with Gasteiger partial charge in [-0.25, -0.2) is 9.38 Å². The van der Waals surface area contributed by atoms with Crippen LogP contribution in [-0.2, 0) is 17.6 Å². The zero-order valence-electron chi connectivity index (χ0n) is 19.8. The number of nitrogens with zero attached hydrogens (tertiary/aromatic N) is 2. The second kappa shape index (κ2) is 10.5. The molecule has 1 aromatic heterocycles. The van der Waals surface area contributed by atoms with E-state index in [2.05, 4.69) is 16.0 Å². The second-order valence-corrected chi connectivity index (χ2v) is 8.82. The molecule has 0 aliphatic carbocycles. The molecule has 1 heterocycles. The van der Waals surface area contributed by atoms with Crippen LogP contribution in [0.5, 0.6) is 5.88 Å². The molecule has 3 aromatic carbocycles. The van der Waals surface area contributed by atoms with Crippen molar-refractivity contribution in [2.24, 2.45) is 4.99 Å². The van der Waals surface area contributed by atoms with Crippen LogP contribution in [0, 0.1) is 5.82 Å². The number of aromatic nitrogens is 1. The van der Waals surface area contributed by atoms with Crippen LogP contribution in [0.3, 0.4) is 0 Å². The third-order valence-electron chi connectivity index (χ3n) is 5.80. The van der Waals surface area contributed by atoms with E-state index in [1.54, 1.807) is 6.07 Å². The van der Waals surface area contributed by atoms with Crippen molar-refractivity contribution in [3.8, 4) is 5.88 Å². The summed E-state index contributed by atoms with van der Waals surface area (Å²) in [6.07, 6.45) is 1.26. The standard InChI is InChI=1S/C28H28FN3O3/c1-32(2)14-13-19-6-4-8-22(16-19)30-27(20-7-3-5-18(15-20)9-12-25(33)34)26-23-11-10-21(29)17-24(23)31-28(26)35/h3-8,10-11,15-17,31,35H,9,12-14H2,1-2H3,(H,33,34). The van der Waals surface area contributed by atoms with Gasteiger partial charge in [0.1, 0.15) is 5.82 Å². The molecule has 0 unspecified atom stereocenters. The normalized spacial score (nSPS) is 11.9. The summed E-state index contributed by atoms with van der Waals surface area (Å²) < 4.78 is 13.8. The number of hydrogen-bond donors (Lipinski definition) is 3. The van der Waals surface area contributed by atoms with E-state index in [1.165, 1.54) is 12.1 Å². The van der Waals surface area contributed by atoms with Gasteiger partial charge in [0.25, 0.3) is 0 Å². The summed E-state index contributed by atoms with van der Waals surface area (Å²) in [4.78, 5) is 21.0. The number of aromatic hydroxyl groups is 1. The summed E-state index contributed by atoms with van der Waals surface area (Å²) in [7, 11) is 4.06. The molecule has 4 rings (SSSR count). The summed E-state index contributed by atoms with van der Waals surface area (Å²) in [6.45, 7) is 0.903. The molecule has 0 aliphatic rings. The Kier molecular flexibility index (Phi) is 7.27. The van der Waals surface area contributed by atoms with Crippen LogP contribution in [0.1, 0.15) is 28.7 Å². The van der Waals surface area contributed by atoms with Crippen LogP contribution >= 0.6 is 0 Å². The Morgan fingerprint density at radius 1 is 1.00 bits per heavy atom. The first-order valence-electron chi connectivity index (χ1n) is 11.4. The molecule has 0 saturated carbocycles. The molecule has 0 radical (unpaired) electrons. The molecule has 0 saturated heterocycles. The van der Waals surface area contributed by atoms with Crippen molar-refractivity contribution < 1.29 is 19.4 Å². The van der Waals surface area contributed by atoms with Crippen LogP contribution in [-0.4, -0.2) is 52.4 Å². The molecular weight excluding hydrogens is 445 g/mol. The van der Waals surface area contributed by atoms with Crippen LogP contribution < -0.4 is 0 Å². The van der Waals surface area contributed by atoms with Crippen molar-refractivity contribution in [2.75, 3.05) is 20.6 Å². The smallest absolute Gasteiger partial charge is 0.303 e. The summed E-state index contributed by atoms with van der Waals surface area (Å²) in [5, 5.41) is 20.6. The molecule has 0 fully saturated rings. The van der Waals surface area contributed by atoms with Crippen molar-refractivity contribution in [2.45, 2.75) is 19.3 Å². The predicted octanol–water partition coefficient (Wildman–Crippen LogP) is 5.30. The number of carbonyl (C=O) groups is 1. The fourth-order valence-corrected chi connectivity index (χ4v) is 4.05. The zero-order chi connectivity index (χ0) is 24.9. The number of halogens is 1. The van der Waals surface area contributed by atoms with Gasteiger partial charge in [-0.05, 0) is 74.5 Å².